The topological polar surface area (TPSA) is 39.2 Å². The number of hydrogen-bond acceptors (Lipinski definition) is 2. The van der Waals surface area contributed by atoms with E-state index >= 15 is 0 Å². The zero-order chi connectivity index (χ0) is 14.8. The van der Waals surface area contributed by atoms with Gasteiger partial charge >= 0.3 is 0 Å². The van der Waals surface area contributed by atoms with Gasteiger partial charge in [-0.2, -0.15) is 0 Å². The van der Waals surface area contributed by atoms with E-state index < -0.39 is 0 Å². The summed E-state index contributed by atoms with van der Waals surface area (Å²) in [5.41, 5.74) is 6.76. The summed E-state index contributed by atoms with van der Waals surface area (Å²) in [5, 5.41) is 2.06. The Morgan fingerprint density at radius 3 is 2.00 bits per heavy atom. The molecule has 0 aliphatic heterocycles. The van der Waals surface area contributed by atoms with E-state index in [1.807, 2.05) is 0 Å². The Balaban J connectivity index is 2.69. The fourth-order valence-corrected chi connectivity index (χ4v) is 3.36. The molecule has 0 atom stereocenters. The Labute approximate surface area is 143 Å². The van der Waals surface area contributed by atoms with Crippen LogP contribution in [0.1, 0.15) is 0 Å². The minimum atomic E-state index is 0.122. The minimum Gasteiger partial charge on any atom is -0.454 e. The van der Waals surface area contributed by atoms with Crippen LogP contribution in [0.4, 0.5) is 5.69 Å². The summed E-state index contributed by atoms with van der Waals surface area (Å²) in [6.45, 7) is 0. The number of hydrogen-bond donors (Lipinski definition) is 1. The van der Waals surface area contributed by atoms with Gasteiger partial charge in [0.15, 0.2) is 5.58 Å². The highest BCUT2D eigenvalue weighted by Gasteiger charge is 2.23. The van der Waals surface area contributed by atoms with Gasteiger partial charge in [0.25, 0.3) is 0 Å². The van der Waals surface area contributed by atoms with Gasteiger partial charge in [0, 0.05) is 6.07 Å². The van der Waals surface area contributed by atoms with Gasteiger partial charge in [-0.3, -0.25) is 0 Å². The van der Waals surface area contributed by atoms with Gasteiger partial charge in [0.05, 0.1) is 46.6 Å². The molecule has 0 spiro atoms. The molecule has 0 unspecified atom stereocenters. The van der Waals surface area contributed by atoms with E-state index in [9.17, 15) is 0 Å². The molecule has 3 rings (SSSR count). The number of anilines is 1. The van der Waals surface area contributed by atoms with E-state index in [4.69, 9.17) is 79.8 Å². The van der Waals surface area contributed by atoms with Crippen LogP contribution in [-0.2, 0) is 0 Å². The van der Waals surface area contributed by atoms with Crippen molar-refractivity contribution in [1.82, 2.24) is 0 Å². The van der Waals surface area contributed by atoms with Crippen molar-refractivity contribution in [2.45, 2.75) is 0 Å². The predicted molar refractivity (Wildman–Crippen MR) is 88.2 cm³/mol. The number of fused-ring (bicyclic) bond motifs is 3. The highest BCUT2D eigenvalue weighted by Crippen LogP contribution is 2.49. The molecule has 0 amide bonds. The fraction of sp³-hybridized carbons (Fsp3) is 0. The molecule has 0 aliphatic rings. The normalized spacial score (nSPS) is 11.7. The Kier molecular flexibility index (Phi) is 3.61. The van der Waals surface area contributed by atoms with Gasteiger partial charge < -0.3 is 10.2 Å². The summed E-state index contributed by atoms with van der Waals surface area (Å²) in [6, 6.07) is 1.53. The van der Waals surface area contributed by atoms with Gasteiger partial charge in [0.2, 0.25) is 0 Å². The van der Waals surface area contributed by atoms with Gasteiger partial charge in [-0.15, -0.1) is 0 Å². The van der Waals surface area contributed by atoms with E-state index in [1.54, 1.807) is 0 Å². The number of nitrogen functional groups attached to an aromatic ring is 1. The monoisotopic (exact) mass is 387 g/mol. The standard InChI is InChI=1S/C12H3Cl6NO/c13-2-1-3-4(7(15)6(2)14)5-8(16)9(17)10(18)11(19)12(5)20-3/h1H,19H2. The number of halogens is 6. The molecule has 0 bridgehead atoms. The molecule has 2 aromatic carbocycles. The van der Waals surface area contributed by atoms with E-state index in [0.29, 0.717) is 21.9 Å². The highest BCUT2D eigenvalue weighted by molar-refractivity contribution is 6.55. The van der Waals surface area contributed by atoms with Crippen LogP contribution >= 0.6 is 69.6 Å². The number of furan rings is 1. The van der Waals surface area contributed by atoms with Gasteiger partial charge in [-0.1, -0.05) is 69.6 Å². The number of benzene rings is 2. The molecule has 2 nitrogen and oxygen atoms in total. The van der Waals surface area contributed by atoms with Crippen molar-refractivity contribution >= 4 is 97.2 Å². The minimum absolute atomic E-state index is 0.122. The first-order valence-electron chi connectivity index (χ1n) is 5.16. The summed E-state index contributed by atoms with van der Waals surface area (Å²) in [6.07, 6.45) is 0. The number of nitrogens with two attached hydrogens (primary N) is 1. The van der Waals surface area contributed by atoms with Crippen molar-refractivity contribution in [3.8, 4) is 0 Å². The van der Waals surface area contributed by atoms with Crippen LogP contribution in [0.2, 0.25) is 30.1 Å². The second kappa shape index (κ2) is 4.91. The Bertz CT molecular complexity index is 885. The molecule has 1 heterocycles. The molecule has 8 heteroatoms. The van der Waals surface area contributed by atoms with Crippen LogP contribution in [-0.4, -0.2) is 0 Å². The van der Waals surface area contributed by atoms with Crippen LogP contribution < -0.4 is 5.73 Å². The van der Waals surface area contributed by atoms with E-state index in [2.05, 4.69) is 0 Å². The first kappa shape index (κ1) is 14.7. The Morgan fingerprint density at radius 2 is 1.35 bits per heavy atom. The maximum atomic E-state index is 6.22. The van der Waals surface area contributed by atoms with Crippen molar-refractivity contribution in [1.29, 1.82) is 0 Å². The lowest BCUT2D eigenvalue weighted by atomic mass is 10.1. The lowest BCUT2D eigenvalue weighted by Gasteiger charge is -2.05. The predicted octanol–water partition coefficient (Wildman–Crippen LogP) is 7.09. The van der Waals surface area contributed by atoms with E-state index in [-0.39, 0.29) is 35.8 Å². The van der Waals surface area contributed by atoms with E-state index in [1.165, 1.54) is 6.07 Å². The summed E-state index contributed by atoms with van der Waals surface area (Å²) in [5.74, 6) is 0. The first-order chi connectivity index (χ1) is 9.34. The quantitative estimate of drug-likeness (QED) is 0.329. The smallest absolute Gasteiger partial charge is 0.161 e. The third-order valence-electron chi connectivity index (χ3n) is 2.90. The molecule has 3 aromatic rings. The van der Waals surface area contributed by atoms with Crippen molar-refractivity contribution in [3.05, 3.63) is 36.2 Å². The largest absolute Gasteiger partial charge is 0.454 e. The van der Waals surface area contributed by atoms with Crippen LogP contribution in [0.5, 0.6) is 0 Å². The lowest BCUT2D eigenvalue weighted by molar-refractivity contribution is 0.670. The third-order valence-corrected chi connectivity index (χ3v) is 5.51. The Hall–Kier alpha value is -0.220. The van der Waals surface area contributed by atoms with Crippen LogP contribution in [0.15, 0.2) is 10.5 Å². The van der Waals surface area contributed by atoms with Crippen molar-refractivity contribution < 1.29 is 4.42 Å². The molecule has 0 fully saturated rings. The van der Waals surface area contributed by atoms with Crippen LogP contribution in [0, 0.1) is 0 Å². The molecular formula is C12H3Cl6NO. The first-order valence-corrected chi connectivity index (χ1v) is 7.43. The summed E-state index contributed by atoms with van der Waals surface area (Å²) < 4.78 is 5.64. The van der Waals surface area contributed by atoms with Crippen molar-refractivity contribution in [2.24, 2.45) is 0 Å². The Morgan fingerprint density at radius 1 is 0.750 bits per heavy atom. The molecule has 1 aromatic heterocycles. The number of rotatable bonds is 0. The SMILES string of the molecule is Nc1c(Cl)c(Cl)c(Cl)c2c1oc1cc(Cl)c(Cl)c(Cl)c12. The molecular weight excluding hydrogens is 387 g/mol. The maximum Gasteiger partial charge on any atom is 0.161 e. The summed E-state index contributed by atoms with van der Waals surface area (Å²) in [4.78, 5) is 0. The molecule has 0 saturated carbocycles. The molecule has 0 radical (unpaired) electrons. The third kappa shape index (κ3) is 1.87. The van der Waals surface area contributed by atoms with Gasteiger partial charge in [-0.25, -0.2) is 0 Å². The molecule has 104 valence electrons. The maximum absolute atomic E-state index is 6.22. The molecule has 0 saturated heterocycles. The molecule has 0 aliphatic carbocycles. The highest BCUT2D eigenvalue weighted by atomic mass is 35.5. The van der Waals surface area contributed by atoms with E-state index in [0.717, 1.165) is 0 Å². The van der Waals surface area contributed by atoms with Gasteiger partial charge in [0.1, 0.15) is 5.58 Å². The molecule has 2 N–H and O–H groups in total. The second-order valence-corrected chi connectivity index (χ2v) is 6.32. The fourth-order valence-electron chi connectivity index (χ4n) is 1.98. The average Bonchev–Trinajstić information content (AvgIpc) is 2.79. The van der Waals surface area contributed by atoms with Gasteiger partial charge in [-0.05, 0) is 0 Å². The summed E-state index contributed by atoms with van der Waals surface area (Å²) >= 11 is 36.5. The zero-order valence-corrected chi connectivity index (χ0v) is 13.9. The second-order valence-electron chi connectivity index (χ2n) is 4.02. The van der Waals surface area contributed by atoms with Crippen LogP contribution in [0.25, 0.3) is 21.9 Å². The van der Waals surface area contributed by atoms with Crippen LogP contribution in [0.3, 0.4) is 0 Å². The summed E-state index contributed by atoms with van der Waals surface area (Å²) in [7, 11) is 0. The van der Waals surface area contributed by atoms with Crippen molar-refractivity contribution in [2.75, 3.05) is 5.73 Å². The lowest BCUT2D eigenvalue weighted by Crippen LogP contribution is -1.89. The zero-order valence-electron chi connectivity index (χ0n) is 9.33. The molecule has 20 heavy (non-hydrogen) atoms. The average molecular weight is 390 g/mol. The van der Waals surface area contributed by atoms with Crippen molar-refractivity contribution in [3.63, 3.8) is 0 Å².